The van der Waals surface area contributed by atoms with E-state index in [0.717, 1.165) is 5.75 Å². The highest BCUT2D eigenvalue weighted by Gasteiger charge is 2.26. The lowest BCUT2D eigenvalue weighted by Crippen LogP contribution is -2.37. The highest BCUT2D eigenvalue weighted by Crippen LogP contribution is 2.33. The summed E-state index contributed by atoms with van der Waals surface area (Å²) < 4.78 is 6.21. The van der Waals surface area contributed by atoms with Crippen LogP contribution in [0.25, 0.3) is 0 Å². The minimum absolute atomic E-state index is 0. The van der Waals surface area contributed by atoms with Gasteiger partial charge in [-0.3, -0.25) is 5.32 Å². The second-order valence-electron chi connectivity index (χ2n) is 7.39. The smallest absolute Gasteiger partial charge is 0.152 e. The zero-order valence-corrected chi connectivity index (χ0v) is 16.3. The van der Waals surface area contributed by atoms with Crippen molar-refractivity contribution in [3.63, 3.8) is 0 Å². The quantitative estimate of drug-likeness (QED) is 0.683. The van der Waals surface area contributed by atoms with Gasteiger partial charge in [-0.25, -0.2) is 0 Å². The van der Waals surface area contributed by atoms with Crippen molar-refractivity contribution < 1.29 is 4.74 Å². The molecule has 3 rings (SSSR count). The maximum absolute atomic E-state index is 6.21. The van der Waals surface area contributed by atoms with Gasteiger partial charge >= 0.3 is 0 Å². The van der Waals surface area contributed by atoms with E-state index in [1.807, 2.05) is 7.05 Å². The molecule has 1 saturated carbocycles. The van der Waals surface area contributed by atoms with Gasteiger partial charge in [0, 0.05) is 11.3 Å². The van der Waals surface area contributed by atoms with Crippen LogP contribution in [0.5, 0.6) is 5.75 Å². The third-order valence-corrected chi connectivity index (χ3v) is 5.45. The van der Waals surface area contributed by atoms with Gasteiger partial charge in [-0.2, -0.15) is 0 Å². The lowest BCUT2D eigenvalue weighted by atomic mass is 9.78. The summed E-state index contributed by atoms with van der Waals surface area (Å²) in [6, 6.07) is 19.3. The predicted molar refractivity (Wildman–Crippen MR) is 108 cm³/mol. The van der Waals surface area contributed by atoms with Crippen molar-refractivity contribution in [2.24, 2.45) is 5.92 Å². The van der Waals surface area contributed by atoms with Crippen LogP contribution in [-0.2, 0) is 5.41 Å². The Morgan fingerprint density at radius 2 is 1.48 bits per heavy atom. The number of ether oxygens (including phenoxy) is 1. The molecule has 2 aromatic rings. The molecule has 0 spiro atoms. The molecule has 0 aliphatic heterocycles. The summed E-state index contributed by atoms with van der Waals surface area (Å²) in [7, 11) is 2.00. The average Bonchev–Trinajstić information content (AvgIpc) is 3.15. The normalized spacial score (nSPS) is 16.3. The average molecular weight is 360 g/mol. The van der Waals surface area contributed by atoms with Gasteiger partial charge in [0.25, 0.3) is 0 Å². The number of hydrogen-bond donors (Lipinski definition) is 1. The van der Waals surface area contributed by atoms with Crippen LogP contribution in [0.3, 0.4) is 0 Å². The van der Waals surface area contributed by atoms with Crippen LogP contribution >= 0.6 is 12.4 Å². The van der Waals surface area contributed by atoms with E-state index >= 15 is 0 Å². The van der Waals surface area contributed by atoms with Crippen molar-refractivity contribution in [3.05, 3.63) is 65.7 Å². The zero-order chi connectivity index (χ0) is 17.0. The first kappa shape index (κ1) is 19.8. The number of nitrogens with one attached hydrogen (secondary N) is 1. The molecule has 0 bridgehead atoms. The highest BCUT2D eigenvalue weighted by atomic mass is 35.5. The summed E-state index contributed by atoms with van der Waals surface area (Å²) in [5.74, 6) is 1.59. The maximum atomic E-state index is 6.21. The van der Waals surface area contributed by atoms with Crippen molar-refractivity contribution in [3.8, 4) is 5.75 Å². The van der Waals surface area contributed by atoms with E-state index in [1.54, 1.807) is 0 Å². The fourth-order valence-corrected chi connectivity index (χ4v) is 3.77. The molecule has 136 valence electrons. The van der Waals surface area contributed by atoms with Crippen LogP contribution in [0.1, 0.15) is 50.7 Å². The van der Waals surface area contributed by atoms with Crippen molar-refractivity contribution in [2.75, 3.05) is 7.05 Å². The summed E-state index contributed by atoms with van der Waals surface area (Å²) >= 11 is 0. The van der Waals surface area contributed by atoms with E-state index in [0.29, 0.717) is 5.92 Å². The molecule has 1 aliphatic rings. The molecule has 0 saturated heterocycles. The Hall–Kier alpha value is -1.51. The summed E-state index contributed by atoms with van der Waals surface area (Å²) in [6.07, 6.45) is 5.32. The number of rotatable bonds is 6. The van der Waals surface area contributed by atoms with E-state index < -0.39 is 0 Å². The Morgan fingerprint density at radius 3 is 2.04 bits per heavy atom. The Morgan fingerprint density at radius 1 is 0.920 bits per heavy atom. The molecule has 1 atom stereocenters. The molecule has 0 aromatic heterocycles. The van der Waals surface area contributed by atoms with Crippen molar-refractivity contribution >= 4 is 12.4 Å². The SMILES string of the molecule is CNC(Oc1ccc(C(C)(C)c2ccccc2)cc1)C1CCCC1.Cl. The number of halogens is 1. The summed E-state index contributed by atoms with van der Waals surface area (Å²) in [4.78, 5) is 0. The van der Waals surface area contributed by atoms with Crippen LogP contribution in [0.2, 0.25) is 0 Å². The lowest BCUT2D eigenvalue weighted by molar-refractivity contribution is 0.110. The minimum Gasteiger partial charge on any atom is -0.475 e. The van der Waals surface area contributed by atoms with Crippen molar-refractivity contribution in [1.29, 1.82) is 0 Å². The number of benzene rings is 2. The van der Waals surface area contributed by atoms with Crippen molar-refractivity contribution in [2.45, 2.75) is 51.2 Å². The molecule has 25 heavy (non-hydrogen) atoms. The zero-order valence-electron chi connectivity index (χ0n) is 15.5. The monoisotopic (exact) mass is 359 g/mol. The molecule has 1 aliphatic carbocycles. The van der Waals surface area contributed by atoms with Crippen LogP contribution in [0.15, 0.2) is 54.6 Å². The molecule has 3 heteroatoms. The standard InChI is InChI=1S/C22H29NO.ClH/c1-22(2,18-11-5-4-6-12-18)19-13-15-20(16-14-19)24-21(23-3)17-9-7-8-10-17;/h4-6,11-17,21,23H,7-10H2,1-3H3;1H. The van der Waals surface area contributed by atoms with E-state index in [4.69, 9.17) is 4.74 Å². The van der Waals surface area contributed by atoms with Gasteiger partial charge in [0.15, 0.2) is 6.23 Å². The second-order valence-corrected chi connectivity index (χ2v) is 7.39. The largest absolute Gasteiger partial charge is 0.475 e. The Balaban J connectivity index is 0.00000225. The van der Waals surface area contributed by atoms with Gasteiger partial charge in [-0.05, 0) is 43.1 Å². The van der Waals surface area contributed by atoms with Gasteiger partial charge in [0.05, 0.1) is 0 Å². The molecule has 1 N–H and O–H groups in total. The molecule has 0 amide bonds. The number of hydrogen-bond acceptors (Lipinski definition) is 2. The summed E-state index contributed by atoms with van der Waals surface area (Å²) in [6.45, 7) is 4.54. The van der Waals surface area contributed by atoms with Gasteiger partial charge in [0.2, 0.25) is 0 Å². The van der Waals surface area contributed by atoms with E-state index in [9.17, 15) is 0 Å². The van der Waals surface area contributed by atoms with Crippen LogP contribution < -0.4 is 10.1 Å². The molecule has 2 nitrogen and oxygen atoms in total. The summed E-state index contributed by atoms with van der Waals surface area (Å²) in [5.41, 5.74) is 2.63. The molecular weight excluding hydrogens is 330 g/mol. The first-order valence-corrected chi connectivity index (χ1v) is 9.11. The molecule has 0 heterocycles. The first-order chi connectivity index (χ1) is 11.6. The highest BCUT2D eigenvalue weighted by molar-refractivity contribution is 5.85. The molecule has 1 fully saturated rings. The third kappa shape index (κ3) is 4.56. The van der Waals surface area contributed by atoms with Crippen LogP contribution in [0, 0.1) is 5.92 Å². The van der Waals surface area contributed by atoms with E-state index in [2.05, 4.69) is 73.8 Å². The van der Waals surface area contributed by atoms with E-state index in [1.165, 1.54) is 36.8 Å². The Kier molecular flexibility index (Phi) is 6.92. The van der Waals surface area contributed by atoms with Crippen LogP contribution in [0.4, 0.5) is 0 Å². The molecule has 1 unspecified atom stereocenters. The lowest BCUT2D eigenvalue weighted by Gasteiger charge is -2.27. The predicted octanol–water partition coefficient (Wildman–Crippen LogP) is 5.55. The minimum atomic E-state index is -0.00630. The molecule has 0 radical (unpaired) electrons. The van der Waals surface area contributed by atoms with Crippen LogP contribution in [-0.4, -0.2) is 13.3 Å². The second kappa shape index (κ2) is 8.73. The van der Waals surface area contributed by atoms with Gasteiger partial charge < -0.3 is 4.74 Å². The molecule has 2 aromatic carbocycles. The van der Waals surface area contributed by atoms with Gasteiger partial charge in [-0.15, -0.1) is 12.4 Å². The van der Waals surface area contributed by atoms with Crippen molar-refractivity contribution in [1.82, 2.24) is 5.32 Å². The summed E-state index contributed by atoms with van der Waals surface area (Å²) in [5, 5.41) is 3.34. The Labute approximate surface area is 158 Å². The third-order valence-electron chi connectivity index (χ3n) is 5.45. The first-order valence-electron chi connectivity index (χ1n) is 9.11. The Bertz CT molecular complexity index is 633. The molecular formula is C22H30ClNO. The van der Waals surface area contributed by atoms with Gasteiger partial charge in [-0.1, -0.05) is 69.2 Å². The fraction of sp³-hybridized carbons (Fsp3) is 0.455. The maximum Gasteiger partial charge on any atom is 0.152 e. The topological polar surface area (TPSA) is 21.3 Å². The fourth-order valence-electron chi connectivity index (χ4n) is 3.77. The van der Waals surface area contributed by atoms with Gasteiger partial charge in [0.1, 0.15) is 5.75 Å². The van der Waals surface area contributed by atoms with E-state index in [-0.39, 0.29) is 24.0 Å².